The third kappa shape index (κ3) is 0.947. The molecule has 0 fully saturated rings. The summed E-state index contributed by atoms with van der Waals surface area (Å²) >= 11 is 0. The van der Waals surface area contributed by atoms with Gasteiger partial charge in [0.15, 0.2) is 0 Å². The second-order valence-corrected chi connectivity index (χ2v) is 3.05. The summed E-state index contributed by atoms with van der Waals surface area (Å²) in [5.41, 5.74) is -0.223. The lowest BCUT2D eigenvalue weighted by Crippen LogP contribution is -2.30. The minimum Gasteiger partial charge on any atom is -0.352 e. The van der Waals surface area contributed by atoms with Gasteiger partial charge in [-0.3, -0.25) is 14.3 Å². The summed E-state index contributed by atoms with van der Waals surface area (Å²) in [6, 6.07) is 0. The van der Waals surface area contributed by atoms with Crippen LogP contribution in [-0.2, 0) is 7.05 Å². The summed E-state index contributed by atoms with van der Waals surface area (Å²) in [5, 5.41) is 2.97. The Kier molecular flexibility index (Phi) is 1.45. The van der Waals surface area contributed by atoms with Crippen molar-refractivity contribution >= 4 is 11.5 Å². The van der Waals surface area contributed by atoms with Gasteiger partial charge in [-0.05, 0) is 0 Å². The molecule has 13 heavy (non-hydrogen) atoms. The molecule has 1 aromatic rings. The third-order valence-corrected chi connectivity index (χ3v) is 2.17. The predicted molar refractivity (Wildman–Crippen MR) is 49.2 cm³/mol. The summed E-state index contributed by atoms with van der Waals surface area (Å²) in [6.07, 6.45) is 0. The van der Waals surface area contributed by atoms with Gasteiger partial charge in [-0.2, -0.15) is 0 Å². The fraction of sp³-hybridized carbons (Fsp3) is 0.429. The number of H-pyrrole nitrogens is 1. The number of rotatable bonds is 0. The Hall–Kier alpha value is -1.72. The molecule has 0 saturated heterocycles. The van der Waals surface area contributed by atoms with E-state index in [2.05, 4.69) is 10.3 Å². The number of fused-ring (bicyclic) bond motifs is 1. The summed E-state index contributed by atoms with van der Waals surface area (Å²) < 4.78 is 1.39. The van der Waals surface area contributed by atoms with E-state index < -0.39 is 5.69 Å². The number of anilines is 2. The van der Waals surface area contributed by atoms with E-state index in [1.165, 1.54) is 4.57 Å². The van der Waals surface area contributed by atoms with Crippen LogP contribution in [0.5, 0.6) is 0 Å². The van der Waals surface area contributed by atoms with Crippen LogP contribution in [0, 0.1) is 0 Å². The lowest BCUT2D eigenvalue weighted by molar-refractivity contribution is 0.815. The lowest BCUT2D eigenvalue weighted by Gasteiger charge is -2.08. The Bertz CT molecular complexity index is 459. The highest BCUT2D eigenvalue weighted by atomic mass is 16.2. The maximum absolute atomic E-state index is 11.3. The fourth-order valence-electron chi connectivity index (χ4n) is 1.44. The van der Waals surface area contributed by atoms with E-state index in [-0.39, 0.29) is 5.56 Å². The first-order chi connectivity index (χ1) is 6.11. The standard InChI is InChI=1S/C7H10N4O2/c1-10-3-8-5-4(10)6(12)9-7(13)11(5)2/h8H,3H2,1-2H3,(H,9,12,13). The monoisotopic (exact) mass is 182 g/mol. The van der Waals surface area contributed by atoms with Crippen LogP contribution < -0.4 is 21.5 Å². The smallest absolute Gasteiger partial charge is 0.329 e. The molecule has 1 aromatic heterocycles. The molecule has 0 saturated carbocycles. The van der Waals surface area contributed by atoms with Gasteiger partial charge in [0.25, 0.3) is 5.56 Å². The van der Waals surface area contributed by atoms with E-state index in [0.717, 1.165) is 0 Å². The van der Waals surface area contributed by atoms with Crippen LogP contribution in [0.3, 0.4) is 0 Å². The van der Waals surface area contributed by atoms with Crippen molar-refractivity contribution in [2.75, 3.05) is 23.9 Å². The Labute approximate surface area is 73.8 Å². The van der Waals surface area contributed by atoms with Crippen molar-refractivity contribution in [3.8, 4) is 0 Å². The van der Waals surface area contributed by atoms with Crippen LogP contribution >= 0.6 is 0 Å². The van der Waals surface area contributed by atoms with Crippen LogP contribution in [0.15, 0.2) is 9.59 Å². The zero-order chi connectivity index (χ0) is 9.59. The topological polar surface area (TPSA) is 70.1 Å². The van der Waals surface area contributed by atoms with E-state index in [0.29, 0.717) is 18.2 Å². The highest BCUT2D eigenvalue weighted by molar-refractivity contribution is 5.69. The van der Waals surface area contributed by atoms with Crippen molar-refractivity contribution in [3.05, 3.63) is 20.8 Å². The number of hydrogen-bond donors (Lipinski definition) is 2. The van der Waals surface area contributed by atoms with Gasteiger partial charge in [-0.1, -0.05) is 0 Å². The first kappa shape index (κ1) is 7.90. The number of hydrogen-bond acceptors (Lipinski definition) is 4. The molecule has 2 rings (SSSR count). The molecule has 0 atom stereocenters. The van der Waals surface area contributed by atoms with Gasteiger partial charge in [-0.25, -0.2) is 4.79 Å². The molecule has 1 aliphatic heterocycles. The Morgan fingerprint density at radius 2 is 2.00 bits per heavy atom. The van der Waals surface area contributed by atoms with Crippen LogP contribution in [-0.4, -0.2) is 23.3 Å². The van der Waals surface area contributed by atoms with Crippen molar-refractivity contribution in [3.63, 3.8) is 0 Å². The fourth-order valence-corrected chi connectivity index (χ4v) is 1.44. The van der Waals surface area contributed by atoms with Gasteiger partial charge in [0.2, 0.25) is 0 Å². The van der Waals surface area contributed by atoms with Gasteiger partial charge in [0.1, 0.15) is 11.5 Å². The molecule has 2 N–H and O–H groups in total. The number of nitrogens with one attached hydrogen (secondary N) is 2. The van der Waals surface area contributed by atoms with Gasteiger partial charge >= 0.3 is 5.69 Å². The molecule has 70 valence electrons. The molecule has 1 aliphatic rings. The molecule has 0 unspecified atom stereocenters. The van der Waals surface area contributed by atoms with E-state index in [9.17, 15) is 9.59 Å². The summed E-state index contributed by atoms with van der Waals surface area (Å²) in [6.45, 7) is 0.551. The molecule has 2 heterocycles. The molecule has 0 aromatic carbocycles. The number of aromatic amines is 1. The summed E-state index contributed by atoms with van der Waals surface area (Å²) in [5.74, 6) is 0.580. The maximum Gasteiger partial charge on any atom is 0.329 e. The molecule has 0 bridgehead atoms. The van der Waals surface area contributed by atoms with Crippen molar-refractivity contribution < 1.29 is 0 Å². The Balaban J connectivity index is 2.84. The molecular formula is C7H10N4O2. The molecular weight excluding hydrogens is 172 g/mol. The Morgan fingerprint density at radius 3 is 2.69 bits per heavy atom. The molecule has 6 heteroatoms. The number of nitrogens with zero attached hydrogens (tertiary/aromatic N) is 2. The second kappa shape index (κ2) is 2.38. The van der Waals surface area contributed by atoms with Crippen molar-refractivity contribution in [2.24, 2.45) is 7.05 Å². The Morgan fingerprint density at radius 1 is 1.31 bits per heavy atom. The van der Waals surface area contributed by atoms with Crippen LogP contribution in [0.4, 0.5) is 11.5 Å². The lowest BCUT2D eigenvalue weighted by atomic mass is 10.4. The zero-order valence-corrected chi connectivity index (χ0v) is 7.42. The second-order valence-electron chi connectivity index (χ2n) is 3.05. The largest absolute Gasteiger partial charge is 0.352 e. The van der Waals surface area contributed by atoms with Gasteiger partial charge in [0.05, 0.1) is 6.67 Å². The molecule has 6 nitrogen and oxygen atoms in total. The molecule has 0 radical (unpaired) electrons. The zero-order valence-electron chi connectivity index (χ0n) is 7.42. The van der Waals surface area contributed by atoms with E-state index >= 15 is 0 Å². The first-order valence-electron chi connectivity index (χ1n) is 3.89. The van der Waals surface area contributed by atoms with Crippen molar-refractivity contribution in [2.45, 2.75) is 0 Å². The summed E-state index contributed by atoms with van der Waals surface area (Å²) in [4.78, 5) is 26.5. The van der Waals surface area contributed by atoms with E-state index in [4.69, 9.17) is 0 Å². The van der Waals surface area contributed by atoms with Crippen molar-refractivity contribution in [1.29, 1.82) is 0 Å². The molecule has 0 amide bonds. The first-order valence-corrected chi connectivity index (χ1v) is 3.89. The number of aromatic nitrogens is 2. The van der Waals surface area contributed by atoms with Crippen molar-refractivity contribution in [1.82, 2.24) is 9.55 Å². The van der Waals surface area contributed by atoms with Gasteiger partial charge in [-0.15, -0.1) is 0 Å². The van der Waals surface area contributed by atoms with Crippen LogP contribution in [0.2, 0.25) is 0 Å². The van der Waals surface area contributed by atoms with Crippen LogP contribution in [0.1, 0.15) is 0 Å². The average Bonchev–Trinajstić information content (AvgIpc) is 2.44. The van der Waals surface area contributed by atoms with Crippen LogP contribution in [0.25, 0.3) is 0 Å². The SMILES string of the molecule is CN1CNc2c1c(=O)[nH]c(=O)n2C. The average molecular weight is 182 g/mol. The van der Waals surface area contributed by atoms with E-state index in [1.807, 2.05) is 0 Å². The quantitative estimate of drug-likeness (QED) is 0.534. The molecule has 0 spiro atoms. The molecule has 0 aliphatic carbocycles. The minimum absolute atomic E-state index is 0.342. The van der Waals surface area contributed by atoms with Gasteiger partial charge in [0, 0.05) is 14.1 Å². The minimum atomic E-state index is -0.397. The third-order valence-electron chi connectivity index (χ3n) is 2.17. The normalized spacial score (nSPS) is 14.2. The predicted octanol–water partition coefficient (Wildman–Crippen LogP) is -1.11. The summed E-state index contributed by atoms with van der Waals surface area (Å²) in [7, 11) is 3.40. The van der Waals surface area contributed by atoms with E-state index in [1.54, 1.807) is 19.0 Å². The maximum atomic E-state index is 11.3. The highest BCUT2D eigenvalue weighted by Gasteiger charge is 2.21. The van der Waals surface area contributed by atoms with Gasteiger partial charge < -0.3 is 10.2 Å². The highest BCUT2D eigenvalue weighted by Crippen LogP contribution is 2.22.